The van der Waals surface area contributed by atoms with Crippen LogP contribution in [0.2, 0.25) is 0 Å². The molecule has 7 nitrogen and oxygen atoms in total. The van der Waals surface area contributed by atoms with Gasteiger partial charge in [0.1, 0.15) is 12.7 Å². The molecular formula is C20H22O7. The molecule has 3 rings (SSSR count). The summed E-state index contributed by atoms with van der Waals surface area (Å²) in [4.78, 5) is 23.7. The minimum atomic E-state index is -0.892. The average molecular weight is 374 g/mol. The molecular weight excluding hydrogens is 352 g/mol. The molecule has 0 bridgehead atoms. The number of hydrogen-bond donors (Lipinski definition) is 0. The summed E-state index contributed by atoms with van der Waals surface area (Å²) in [5.41, 5.74) is 1.00. The van der Waals surface area contributed by atoms with Crippen LogP contribution in [0.15, 0.2) is 47.9 Å². The summed E-state index contributed by atoms with van der Waals surface area (Å²) in [6, 6.07) is 9.66. The highest BCUT2D eigenvalue weighted by Crippen LogP contribution is 2.34. The molecule has 27 heavy (non-hydrogen) atoms. The zero-order valence-electron chi connectivity index (χ0n) is 15.5. The molecule has 2 aliphatic rings. The van der Waals surface area contributed by atoms with Gasteiger partial charge in [-0.1, -0.05) is 36.4 Å². The van der Waals surface area contributed by atoms with E-state index >= 15 is 0 Å². The van der Waals surface area contributed by atoms with Gasteiger partial charge in [0.2, 0.25) is 11.5 Å². The Morgan fingerprint density at radius 2 is 2.04 bits per heavy atom. The van der Waals surface area contributed by atoms with Gasteiger partial charge in [-0.05, 0) is 25.5 Å². The van der Waals surface area contributed by atoms with Gasteiger partial charge in [0.25, 0.3) is 0 Å². The number of hydrogen-bond acceptors (Lipinski definition) is 7. The fourth-order valence-corrected chi connectivity index (χ4v) is 2.83. The highest BCUT2D eigenvalue weighted by molar-refractivity contribution is 5.90. The maximum Gasteiger partial charge on any atom is 0.378 e. The second-order valence-corrected chi connectivity index (χ2v) is 6.60. The Balaban J connectivity index is 1.72. The van der Waals surface area contributed by atoms with Crippen LogP contribution in [0.5, 0.6) is 0 Å². The molecule has 0 amide bonds. The third-order valence-electron chi connectivity index (χ3n) is 3.96. The van der Waals surface area contributed by atoms with E-state index < -0.39 is 29.9 Å². The summed E-state index contributed by atoms with van der Waals surface area (Å²) >= 11 is 0. The summed E-state index contributed by atoms with van der Waals surface area (Å²) in [6.45, 7) is 5.08. The average Bonchev–Trinajstić information content (AvgIpc) is 3.12. The van der Waals surface area contributed by atoms with E-state index in [0.29, 0.717) is 0 Å². The molecule has 0 N–H and O–H groups in total. The van der Waals surface area contributed by atoms with Gasteiger partial charge in [0.05, 0.1) is 6.61 Å². The van der Waals surface area contributed by atoms with Crippen LogP contribution in [-0.2, 0) is 33.3 Å². The van der Waals surface area contributed by atoms with Crippen LogP contribution in [0.1, 0.15) is 26.3 Å². The molecule has 0 saturated carbocycles. The van der Waals surface area contributed by atoms with E-state index in [1.165, 1.54) is 6.92 Å². The minimum Gasteiger partial charge on any atom is -0.480 e. The molecule has 2 atom stereocenters. The summed E-state index contributed by atoms with van der Waals surface area (Å²) in [6.07, 6.45) is 2.14. The fraction of sp³-hybridized carbons (Fsp3) is 0.400. The highest BCUT2D eigenvalue weighted by atomic mass is 16.8. The molecule has 1 aromatic carbocycles. The number of rotatable bonds is 6. The number of carbonyl (C=O) groups is 2. The number of ether oxygens (including phenoxy) is 5. The van der Waals surface area contributed by atoms with Crippen molar-refractivity contribution < 1.29 is 33.3 Å². The number of esters is 2. The molecule has 144 valence electrons. The monoisotopic (exact) mass is 374 g/mol. The minimum absolute atomic E-state index is 0.0203. The molecule has 0 aliphatic carbocycles. The van der Waals surface area contributed by atoms with Crippen LogP contribution in [0.25, 0.3) is 6.08 Å². The van der Waals surface area contributed by atoms with E-state index in [2.05, 4.69) is 0 Å². The summed E-state index contributed by atoms with van der Waals surface area (Å²) in [7, 11) is 0. The summed E-state index contributed by atoms with van der Waals surface area (Å²) < 4.78 is 27.3. The van der Waals surface area contributed by atoms with Crippen LogP contribution in [0, 0.1) is 0 Å². The predicted molar refractivity (Wildman–Crippen MR) is 95.0 cm³/mol. The molecule has 7 heteroatoms. The fourth-order valence-electron chi connectivity index (χ4n) is 2.83. The van der Waals surface area contributed by atoms with Crippen LogP contribution in [0.3, 0.4) is 0 Å². The molecule has 0 aromatic heterocycles. The molecule has 0 radical (unpaired) electrons. The Morgan fingerprint density at radius 3 is 2.67 bits per heavy atom. The van der Waals surface area contributed by atoms with E-state index in [-0.39, 0.29) is 24.7 Å². The van der Waals surface area contributed by atoms with Crippen molar-refractivity contribution in [1.29, 1.82) is 0 Å². The van der Waals surface area contributed by atoms with Gasteiger partial charge in [-0.15, -0.1) is 0 Å². The molecule has 1 fully saturated rings. The Hall–Kier alpha value is -2.64. The topological polar surface area (TPSA) is 80.3 Å². The lowest BCUT2D eigenvalue weighted by Gasteiger charge is -2.21. The third-order valence-corrected chi connectivity index (χ3v) is 3.96. The summed E-state index contributed by atoms with van der Waals surface area (Å²) in [5.74, 6) is -2.18. The quantitative estimate of drug-likeness (QED) is 0.708. The first-order valence-electron chi connectivity index (χ1n) is 8.65. The lowest BCUT2D eigenvalue weighted by Crippen LogP contribution is -2.33. The van der Waals surface area contributed by atoms with Gasteiger partial charge >= 0.3 is 11.9 Å². The standard InChI is InChI=1S/C20H22O7/c1-13(21)25-17-16(15-12-24-20(2,3)27-15)26-19(22)18(17)23-11-7-10-14-8-5-4-6-9-14/h4-10,15-16H,11-12H2,1-3H3/b10-7+/t15-,16+/m0/s1. The molecule has 1 saturated heterocycles. The van der Waals surface area contributed by atoms with E-state index in [9.17, 15) is 9.59 Å². The van der Waals surface area contributed by atoms with E-state index in [0.717, 1.165) is 5.56 Å². The van der Waals surface area contributed by atoms with Crippen molar-refractivity contribution >= 4 is 18.0 Å². The molecule has 1 aromatic rings. The molecule has 2 aliphatic heterocycles. The van der Waals surface area contributed by atoms with Gasteiger partial charge in [0.15, 0.2) is 11.9 Å². The highest BCUT2D eigenvalue weighted by Gasteiger charge is 2.48. The van der Waals surface area contributed by atoms with Crippen molar-refractivity contribution in [3.8, 4) is 0 Å². The first-order chi connectivity index (χ1) is 12.9. The number of carbonyl (C=O) groups excluding carboxylic acids is 2. The zero-order chi connectivity index (χ0) is 19.4. The Kier molecular flexibility index (Phi) is 5.62. The maximum atomic E-state index is 12.2. The van der Waals surface area contributed by atoms with Gasteiger partial charge in [-0.3, -0.25) is 4.79 Å². The Morgan fingerprint density at radius 1 is 1.30 bits per heavy atom. The molecule has 2 heterocycles. The van der Waals surface area contributed by atoms with E-state index in [1.807, 2.05) is 36.4 Å². The number of benzene rings is 1. The van der Waals surface area contributed by atoms with Crippen molar-refractivity contribution in [3.63, 3.8) is 0 Å². The molecule has 0 spiro atoms. The first-order valence-corrected chi connectivity index (χ1v) is 8.65. The molecule has 0 unspecified atom stereocenters. The largest absolute Gasteiger partial charge is 0.480 e. The van der Waals surface area contributed by atoms with Crippen LogP contribution >= 0.6 is 0 Å². The SMILES string of the molecule is CC(=O)OC1=C(OC/C=C/c2ccccc2)C(=O)O[C@@H]1[C@@H]1COC(C)(C)O1. The van der Waals surface area contributed by atoms with Crippen molar-refractivity contribution in [2.45, 2.75) is 38.8 Å². The normalized spacial score (nSPS) is 24.3. The Bertz CT molecular complexity index is 764. The summed E-state index contributed by atoms with van der Waals surface area (Å²) in [5, 5.41) is 0. The smallest absolute Gasteiger partial charge is 0.378 e. The second kappa shape index (κ2) is 7.94. The van der Waals surface area contributed by atoms with Crippen LogP contribution in [0.4, 0.5) is 0 Å². The first kappa shape index (κ1) is 19.1. The van der Waals surface area contributed by atoms with Crippen LogP contribution < -0.4 is 0 Å². The van der Waals surface area contributed by atoms with E-state index in [4.69, 9.17) is 23.7 Å². The third kappa shape index (κ3) is 4.75. The van der Waals surface area contributed by atoms with E-state index in [1.54, 1.807) is 19.9 Å². The van der Waals surface area contributed by atoms with Gasteiger partial charge in [-0.2, -0.15) is 0 Å². The lowest BCUT2D eigenvalue weighted by molar-refractivity contribution is -0.165. The maximum absolute atomic E-state index is 12.2. The van der Waals surface area contributed by atoms with Crippen molar-refractivity contribution in [2.75, 3.05) is 13.2 Å². The zero-order valence-corrected chi connectivity index (χ0v) is 15.5. The van der Waals surface area contributed by atoms with Gasteiger partial charge < -0.3 is 23.7 Å². The van der Waals surface area contributed by atoms with Crippen LogP contribution in [-0.4, -0.2) is 43.1 Å². The van der Waals surface area contributed by atoms with Crippen molar-refractivity contribution in [1.82, 2.24) is 0 Å². The number of cyclic esters (lactones) is 1. The Labute approximate surface area is 157 Å². The van der Waals surface area contributed by atoms with Crippen molar-refractivity contribution in [2.24, 2.45) is 0 Å². The predicted octanol–water partition coefficient (Wildman–Crippen LogP) is 2.57. The van der Waals surface area contributed by atoms with Gasteiger partial charge in [-0.25, -0.2) is 4.79 Å². The van der Waals surface area contributed by atoms with Gasteiger partial charge in [0, 0.05) is 6.92 Å². The lowest BCUT2D eigenvalue weighted by atomic mass is 10.2. The van der Waals surface area contributed by atoms with Crippen molar-refractivity contribution in [3.05, 3.63) is 53.5 Å². The second-order valence-electron chi connectivity index (χ2n) is 6.60.